The standard InChI is InChI=1S/C24H35N5O5/c1-14(2)32-22(30)16-9-8-10-17(11-16)33-19-13-25-20(27-15(19)3)18-12-26-29(7)21(18)28-23(31)34-24(4,5)6/h12-14,16-17H,8-11H2,1-7H3,(H,28,31)/t16?,17-/m0/s1. The smallest absolute Gasteiger partial charge is 0.413 e. The third kappa shape index (κ3) is 6.68. The molecule has 1 saturated carbocycles. The number of aromatic nitrogens is 4. The highest BCUT2D eigenvalue weighted by molar-refractivity contribution is 5.88. The summed E-state index contributed by atoms with van der Waals surface area (Å²) >= 11 is 0. The molecule has 3 rings (SSSR count). The van der Waals surface area contributed by atoms with E-state index in [1.165, 1.54) is 4.68 Å². The average Bonchev–Trinajstić information content (AvgIpc) is 3.08. The number of anilines is 1. The molecule has 0 aromatic carbocycles. The van der Waals surface area contributed by atoms with Crippen molar-refractivity contribution >= 4 is 17.9 Å². The number of aryl methyl sites for hydroxylation is 2. The summed E-state index contributed by atoms with van der Waals surface area (Å²) in [5.41, 5.74) is 0.597. The monoisotopic (exact) mass is 473 g/mol. The third-order valence-electron chi connectivity index (χ3n) is 5.34. The minimum Gasteiger partial charge on any atom is -0.487 e. The van der Waals surface area contributed by atoms with Gasteiger partial charge in [0.2, 0.25) is 0 Å². The molecule has 2 aromatic rings. The predicted molar refractivity (Wildman–Crippen MR) is 126 cm³/mol. The highest BCUT2D eigenvalue weighted by Crippen LogP contribution is 2.31. The van der Waals surface area contributed by atoms with E-state index in [1.54, 1.807) is 40.2 Å². The SMILES string of the molecule is Cc1nc(-c2cnn(C)c2NC(=O)OC(C)(C)C)ncc1O[C@H]1CCCC(C(=O)OC(C)C)C1. The van der Waals surface area contributed by atoms with E-state index in [2.05, 4.69) is 20.4 Å². The highest BCUT2D eigenvalue weighted by Gasteiger charge is 2.30. The quantitative estimate of drug-likeness (QED) is 0.613. The fourth-order valence-corrected chi connectivity index (χ4v) is 3.83. The Balaban J connectivity index is 1.71. The maximum Gasteiger partial charge on any atom is 0.413 e. The molecule has 1 aliphatic carbocycles. The lowest BCUT2D eigenvalue weighted by molar-refractivity contribution is -0.154. The molecule has 2 atom stereocenters. The van der Waals surface area contributed by atoms with Crippen LogP contribution in [0, 0.1) is 12.8 Å². The Morgan fingerprint density at radius 2 is 1.94 bits per heavy atom. The van der Waals surface area contributed by atoms with Crippen molar-refractivity contribution in [3.8, 4) is 17.1 Å². The molecule has 0 spiro atoms. The van der Waals surface area contributed by atoms with Crippen LogP contribution in [0.3, 0.4) is 0 Å². The second kappa shape index (κ2) is 10.4. The summed E-state index contributed by atoms with van der Waals surface area (Å²) in [6.07, 6.45) is 5.58. The van der Waals surface area contributed by atoms with Crippen LogP contribution in [0.4, 0.5) is 10.6 Å². The number of esters is 1. The Kier molecular flexibility index (Phi) is 7.78. The van der Waals surface area contributed by atoms with Crippen LogP contribution < -0.4 is 10.1 Å². The van der Waals surface area contributed by atoms with Crippen molar-refractivity contribution in [2.45, 2.75) is 85.0 Å². The first kappa shape index (κ1) is 25.5. The molecule has 186 valence electrons. The third-order valence-corrected chi connectivity index (χ3v) is 5.34. The predicted octanol–water partition coefficient (Wildman–Crippen LogP) is 4.42. The van der Waals surface area contributed by atoms with Gasteiger partial charge in [-0.25, -0.2) is 14.8 Å². The number of nitrogens with one attached hydrogen (secondary N) is 1. The summed E-state index contributed by atoms with van der Waals surface area (Å²) < 4.78 is 18.4. The van der Waals surface area contributed by atoms with Gasteiger partial charge in [0.25, 0.3) is 0 Å². The zero-order valence-electron chi connectivity index (χ0n) is 21.0. The molecule has 0 bridgehead atoms. The Morgan fingerprint density at radius 1 is 1.21 bits per heavy atom. The molecule has 1 fully saturated rings. The molecule has 1 N–H and O–H groups in total. The van der Waals surface area contributed by atoms with Gasteiger partial charge in [-0.3, -0.25) is 14.8 Å². The van der Waals surface area contributed by atoms with Gasteiger partial charge >= 0.3 is 12.1 Å². The molecule has 2 aromatic heterocycles. The molecule has 10 nitrogen and oxygen atoms in total. The van der Waals surface area contributed by atoms with E-state index in [0.717, 1.165) is 19.3 Å². The highest BCUT2D eigenvalue weighted by atomic mass is 16.6. The summed E-state index contributed by atoms with van der Waals surface area (Å²) in [6.45, 7) is 10.9. The number of hydrogen-bond acceptors (Lipinski definition) is 8. The van der Waals surface area contributed by atoms with E-state index >= 15 is 0 Å². The second-order valence-electron chi connectivity index (χ2n) is 9.89. The Labute approximate surface area is 200 Å². The van der Waals surface area contributed by atoms with E-state index in [9.17, 15) is 9.59 Å². The molecule has 0 saturated heterocycles. The zero-order chi connectivity index (χ0) is 25.0. The molecule has 0 aliphatic heterocycles. The van der Waals surface area contributed by atoms with Crippen molar-refractivity contribution in [2.24, 2.45) is 13.0 Å². The summed E-state index contributed by atoms with van der Waals surface area (Å²) in [4.78, 5) is 33.6. The van der Waals surface area contributed by atoms with Crippen LogP contribution in [0.1, 0.15) is 66.0 Å². The van der Waals surface area contributed by atoms with Gasteiger partial charge in [-0.2, -0.15) is 5.10 Å². The number of carbonyl (C=O) groups is 2. The fourth-order valence-electron chi connectivity index (χ4n) is 3.83. The topological polar surface area (TPSA) is 117 Å². The van der Waals surface area contributed by atoms with E-state index in [1.807, 2.05) is 20.8 Å². The summed E-state index contributed by atoms with van der Waals surface area (Å²) in [5.74, 6) is 1.09. The molecule has 1 amide bonds. The van der Waals surface area contributed by atoms with Crippen LogP contribution in [0.2, 0.25) is 0 Å². The largest absolute Gasteiger partial charge is 0.487 e. The van der Waals surface area contributed by atoms with Gasteiger partial charge in [0.15, 0.2) is 11.6 Å². The van der Waals surface area contributed by atoms with Gasteiger partial charge in [0, 0.05) is 7.05 Å². The van der Waals surface area contributed by atoms with Crippen molar-refractivity contribution in [3.05, 3.63) is 18.1 Å². The van der Waals surface area contributed by atoms with E-state index in [4.69, 9.17) is 14.2 Å². The van der Waals surface area contributed by atoms with Crippen LogP contribution in [0.25, 0.3) is 11.4 Å². The Bertz CT molecular complexity index is 1030. The van der Waals surface area contributed by atoms with Crippen LogP contribution in [-0.2, 0) is 21.3 Å². The molecule has 1 unspecified atom stereocenters. The van der Waals surface area contributed by atoms with Crippen molar-refractivity contribution < 1.29 is 23.8 Å². The normalized spacial score (nSPS) is 18.5. The number of carbonyl (C=O) groups excluding carboxylic acids is 2. The second-order valence-corrected chi connectivity index (χ2v) is 9.89. The first-order valence-electron chi connectivity index (χ1n) is 11.7. The minimum atomic E-state index is -0.626. The van der Waals surface area contributed by atoms with Crippen LogP contribution >= 0.6 is 0 Å². The molecule has 2 heterocycles. The molecular formula is C24H35N5O5. The first-order chi connectivity index (χ1) is 15.9. The molecule has 34 heavy (non-hydrogen) atoms. The maximum absolute atomic E-state index is 12.3. The summed E-state index contributed by atoms with van der Waals surface area (Å²) in [6, 6.07) is 0. The average molecular weight is 474 g/mol. The summed E-state index contributed by atoms with van der Waals surface area (Å²) in [7, 11) is 1.71. The van der Waals surface area contributed by atoms with Crippen LogP contribution in [0.5, 0.6) is 5.75 Å². The number of nitrogens with zero attached hydrogens (tertiary/aromatic N) is 4. The number of hydrogen-bond donors (Lipinski definition) is 1. The van der Waals surface area contributed by atoms with Gasteiger partial charge in [0.1, 0.15) is 11.4 Å². The number of ether oxygens (including phenoxy) is 3. The van der Waals surface area contributed by atoms with Gasteiger partial charge in [-0.1, -0.05) is 0 Å². The lowest BCUT2D eigenvalue weighted by atomic mass is 9.87. The number of amides is 1. The number of rotatable bonds is 6. The van der Waals surface area contributed by atoms with E-state index in [-0.39, 0.29) is 24.1 Å². The lowest BCUT2D eigenvalue weighted by Gasteiger charge is -2.29. The van der Waals surface area contributed by atoms with Gasteiger partial charge in [-0.15, -0.1) is 0 Å². The Hall–Kier alpha value is -3.17. The van der Waals surface area contributed by atoms with Crippen LogP contribution in [0.15, 0.2) is 12.4 Å². The maximum atomic E-state index is 12.3. The fraction of sp³-hybridized carbons (Fsp3) is 0.625. The zero-order valence-corrected chi connectivity index (χ0v) is 21.0. The van der Waals surface area contributed by atoms with Crippen molar-refractivity contribution in [3.63, 3.8) is 0 Å². The molecule has 1 aliphatic rings. The van der Waals surface area contributed by atoms with E-state index < -0.39 is 11.7 Å². The van der Waals surface area contributed by atoms with Gasteiger partial charge < -0.3 is 14.2 Å². The van der Waals surface area contributed by atoms with E-state index in [0.29, 0.717) is 35.1 Å². The van der Waals surface area contributed by atoms with Crippen molar-refractivity contribution in [2.75, 3.05) is 5.32 Å². The summed E-state index contributed by atoms with van der Waals surface area (Å²) in [5, 5.41) is 6.95. The van der Waals surface area contributed by atoms with Crippen molar-refractivity contribution in [1.82, 2.24) is 19.7 Å². The van der Waals surface area contributed by atoms with Crippen LogP contribution in [-0.4, -0.2) is 49.6 Å². The molecule has 0 radical (unpaired) electrons. The lowest BCUT2D eigenvalue weighted by Crippen LogP contribution is -2.32. The first-order valence-corrected chi connectivity index (χ1v) is 11.7. The van der Waals surface area contributed by atoms with Gasteiger partial charge in [0.05, 0.1) is 41.8 Å². The molecule has 10 heteroatoms. The molecular weight excluding hydrogens is 438 g/mol. The van der Waals surface area contributed by atoms with Crippen molar-refractivity contribution in [1.29, 1.82) is 0 Å². The Morgan fingerprint density at radius 3 is 2.59 bits per heavy atom. The van der Waals surface area contributed by atoms with Gasteiger partial charge in [-0.05, 0) is 67.2 Å². The minimum absolute atomic E-state index is 0.102.